The normalized spacial score (nSPS) is 17.3. The van der Waals surface area contributed by atoms with Crippen molar-refractivity contribution in [3.05, 3.63) is 39.4 Å². The summed E-state index contributed by atoms with van der Waals surface area (Å²) in [7, 11) is 0. The molecule has 0 amide bonds. The zero-order valence-electron chi connectivity index (χ0n) is 9.78. The fourth-order valence-electron chi connectivity index (χ4n) is 1.95. The largest absolute Gasteiger partial charge is 0.416 e. The summed E-state index contributed by atoms with van der Waals surface area (Å²) in [5, 5.41) is 10.6. The van der Waals surface area contributed by atoms with Crippen LogP contribution in [0, 0.1) is 16.0 Å². The monoisotopic (exact) mass is 337 g/mol. The van der Waals surface area contributed by atoms with Gasteiger partial charge in [0.2, 0.25) is 0 Å². The van der Waals surface area contributed by atoms with E-state index in [1.807, 2.05) is 0 Å². The number of nitro benzene ring substituents is 1. The Morgan fingerprint density at radius 2 is 2.05 bits per heavy atom. The number of nitrogens with zero attached hydrogens (tertiary/aromatic N) is 1. The van der Waals surface area contributed by atoms with E-state index in [9.17, 15) is 23.3 Å². The number of hydrogen-bond donors (Lipinski definition) is 0. The molecule has 0 aliphatic heterocycles. The third-order valence-corrected chi connectivity index (χ3v) is 4.23. The summed E-state index contributed by atoms with van der Waals surface area (Å²) in [5.74, 6) is 0.413. The third kappa shape index (κ3) is 3.46. The third-order valence-electron chi connectivity index (χ3n) is 3.16. The Bertz CT molecular complexity index is 500. The first-order valence-corrected chi connectivity index (χ1v) is 6.69. The molecule has 1 aliphatic carbocycles. The van der Waals surface area contributed by atoms with Crippen molar-refractivity contribution in [2.45, 2.75) is 30.3 Å². The Hall–Kier alpha value is -1.11. The molecule has 0 radical (unpaired) electrons. The molecule has 1 fully saturated rings. The summed E-state index contributed by atoms with van der Waals surface area (Å²) in [6.45, 7) is 0. The van der Waals surface area contributed by atoms with Gasteiger partial charge in [0.15, 0.2) is 0 Å². The molecule has 3 nitrogen and oxygen atoms in total. The van der Waals surface area contributed by atoms with E-state index in [1.165, 1.54) is 6.07 Å². The first-order valence-electron chi connectivity index (χ1n) is 5.77. The highest BCUT2D eigenvalue weighted by Crippen LogP contribution is 2.41. The zero-order chi connectivity index (χ0) is 14.2. The second-order valence-electron chi connectivity index (χ2n) is 4.65. The minimum Gasteiger partial charge on any atom is -0.258 e. The second-order valence-corrected chi connectivity index (χ2v) is 5.83. The lowest BCUT2D eigenvalue weighted by Gasteiger charge is -2.15. The summed E-state index contributed by atoms with van der Waals surface area (Å²) in [6.07, 6.45) is -2.30. The first-order chi connectivity index (χ1) is 8.79. The maximum Gasteiger partial charge on any atom is 0.416 e. The highest BCUT2D eigenvalue weighted by Gasteiger charge is 2.37. The van der Waals surface area contributed by atoms with E-state index in [-0.39, 0.29) is 16.8 Å². The van der Waals surface area contributed by atoms with Gasteiger partial charge in [-0.05, 0) is 30.7 Å². The molecule has 0 spiro atoms. The summed E-state index contributed by atoms with van der Waals surface area (Å²) >= 11 is 3.39. The van der Waals surface area contributed by atoms with Gasteiger partial charge < -0.3 is 0 Å². The number of hydrogen-bond acceptors (Lipinski definition) is 2. The maximum absolute atomic E-state index is 12.9. The lowest BCUT2D eigenvalue weighted by atomic mass is 10.00. The minimum absolute atomic E-state index is 0.00458. The molecule has 0 aromatic heterocycles. The lowest BCUT2D eigenvalue weighted by molar-refractivity contribution is -0.385. The van der Waals surface area contributed by atoms with Crippen molar-refractivity contribution in [3.63, 3.8) is 0 Å². The zero-order valence-corrected chi connectivity index (χ0v) is 11.4. The fourth-order valence-corrected chi connectivity index (χ4v) is 2.83. The molecule has 1 aromatic carbocycles. The minimum atomic E-state index is -4.57. The van der Waals surface area contributed by atoms with Crippen molar-refractivity contribution < 1.29 is 18.1 Å². The van der Waals surface area contributed by atoms with Gasteiger partial charge in [-0.25, -0.2) is 0 Å². The van der Waals surface area contributed by atoms with Gasteiger partial charge in [-0.15, -0.1) is 0 Å². The second kappa shape index (κ2) is 5.11. The quantitative estimate of drug-likeness (QED) is 0.466. The van der Waals surface area contributed by atoms with E-state index in [2.05, 4.69) is 15.9 Å². The number of alkyl halides is 4. The van der Waals surface area contributed by atoms with Crippen molar-refractivity contribution in [3.8, 4) is 0 Å². The van der Waals surface area contributed by atoms with Crippen LogP contribution in [0.4, 0.5) is 18.9 Å². The maximum atomic E-state index is 12.9. The van der Waals surface area contributed by atoms with Crippen molar-refractivity contribution in [1.29, 1.82) is 0 Å². The molecule has 0 N–H and O–H groups in total. The van der Waals surface area contributed by atoms with Crippen LogP contribution in [0.25, 0.3) is 0 Å². The number of non-ortho nitro benzene ring substituents is 1. The van der Waals surface area contributed by atoms with Gasteiger partial charge in [-0.2, -0.15) is 13.2 Å². The Morgan fingerprint density at radius 3 is 2.53 bits per heavy atom. The first kappa shape index (κ1) is 14.3. The molecule has 2 rings (SSSR count). The van der Waals surface area contributed by atoms with Crippen molar-refractivity contribution in [1.82, 2.24) is 0 Å². The molecule has 7 heteroatoms. The number of nitro groups is 1. The highest BCUT2D eigenvalue weighted by atomic mass is 79.9. The van der Waals surface area contributed by atoms with Gasteiger partial charge in [0.05, 0.1) is 10.5 Å². The molecule has 1 unspecified atom stereocenters. The summed E-state index contributed by atoms with van der Waals surface area (Å²) in [6, 6.07) is 2.94. The van der Waals surface area contributed by atoms with E-state index < -0.39 is 22.4 Å². The molecule has 0 saturated heterocycles. The van der Waals surface area contributed by atoms with Gasteiger partial charge >= 0.3 is 6.18 Å². The van der Waals surface area contributed by atoms with Crippen molar-refractivity contribution in [2.75, 3.05) is 0 Å². The molecule has 19 heavy (non-hydrogen) atoms. The Morgan fingerprint density at radius 1 is 1.42 bits per heavy atom. The van der Waals surface area contributed by atoms with Crippen LogP contribution in [0.15, 0.2) is 18.2 Å². The van der Waals surface area contributed by atoms with Crippen molar-refractivity contribution >= 4 is 21.6 Å². The predicted molar refractivity (Wildman–Crippen MR) is 67.2 cm³/mol. The topological polar surface area (TPSA) is 43.1 Å². The summed E-state index contributed by atoms with van der Waals surface area (Å²) in [5.41, 5.74) is -1.34. The summed E-state index contributed by atoms with van der Waals surface area (Å²) < 4.78 is 38.8. The molecule has 0 heterocycles. The Balaban J connectivity index is 2.33. The van der Waals surface area contributed by atoms with Crippen LogP contribution >= 0.6 is 15.9 Å². The smallest absolute Gasteiger partial charge is 0.258 e. The summed E-state index contributed by atoms with van der Waals surface area (Å²) in [4.78, 5) is 9.74. The van der Waals surface area contributed by atoms with E-state index in [1.54, 1.807) is 0 Å². The van der Waals surface area contributed by atoms with Crippen molar-refractivity contribution in [2.24, 2.45) is 5.92 Å². The number of rotatable bonds is 4. The number of halogens is 4. The van der Waals surface area contributed by atoms with E-state index in [0.29, 0.717) is 12.0 Å². The van der Waals surface area contributed by atoms with Crippen LogP contribution in [-0.2, 0) is 12.6 Å². The molecular weight excluding hydrogens is 327 g/mol. The molecule has 1 saturated carbocycles. The van der Waals surface area contributed by atoms with Crippen LogP contribution in [0.2, 0.25) is 0 Å². The van der Waals surface area contributed by atoms with E-state index in [4.69, 9.17) is 0 Å². The molecule has 104 valence electrons. The molecule has 1 aromatic rings. The molecule has 1 aliphatic rings. The van der Waals surface area contributed by atoms with Gasteiger partial charge in [0, 0.05) is 17.0 Å². The van der Waals surface area contributed by atoms with Gasteiger partial charge in [0.1, 0.15) is 0 Å². The van der Waals surface area contributed by atoms with Gasteiger partial charge in [-0.1, -0.05) is 22.0 Å². The van der Waals surface area contributed by atoms with Crippen LogP contribution in [0.1, 0.15) is 24.0 Å². The van der Waals surface area contributed by atoms with Gasteiger partial charge in [0.25, 0.3) is 5.69 Å². The average molecular weight is 338 g/mol. The predicted octanol–water partition coefficient (Wildman–Crippen LogP) is 4.33. The Labute approximate surface area is 116 Å². The number of benzene rings is 1. The van der Waals surface area contributed by atoms with Gasteiger partial charge in [-0.3, -0.25) is 10.1 Å². The molecular formula is C12H11BrF3NO2. The lowest BCUT2D eigenvalue weighted by Crippen LogP contribution is -2.14. The van der Waals surface area contributed by atoms with Crippen LogP contribution < -0.4 is 0 Å². The Kier molecular flexibility index (Phi) is 3.85. The van der Waals surface area contributed by atoms with E-state index >= 15 is 0 Å². The SMILES string of the molecule is O=[N+]([O-])c1ccc(CC(Br)C2CC2)c(C(F)(F)F)c1. The van der Waals surface area contributed by atoms with E-state index in [0.717, 1.165) is 18.9 Å². The fraction of sp³-hybridized carbons (Fsp3) is 0.500. The molecule has 1 atom stereocenters. The average Bonchev–Trinajstić information content (AvgIpc) is 3.11. The highest BCUT2D eigenvalue weighted by molar-refractivity contribution is 9.09. The van der Waals surface area contributed by atoms with Crippen LogP contribution in [0.3, 0.4) is 0 Å². The van der Waals surface area contributed by atoms with Crippen LogP contribution in [-0.4, -0.2) is 9.75 Å². The van der Waals surface area contributed by atoms with Crippen LogP contribution in [0.5, 0.6) is 0 Å². The standard InChI is InChI=1S/C12H11BrF3NO2/c13-11(7-1-2-7)5-8-3-4-9(17(18)19)6-10(8)12(14,15)16/h3-4,6-7,11H,1-2,5H2. The molecule has 0 bridgehead atoms.